The number of benzene rings is 1. The van der Waals surface area contributed by atoms with Gasteiger partial charge in [-0.3, -0.25) is 14.9 Å². The molecule has 1 heterocycles. The van der Waals surface area contributed by atoms with Gasteiger partial charge in [0.2, 0.25) is 0 Å². The number of rotatable bonds is 8. The summed E-state index contributed by atoms with van der Waals surface area (Å²) in [6.07, 6.45) is 3.70. The van der Waals surface area contributed by atoms with Gasteiger partial charge in [0.1, 0.15) is 5.75 Å². The normalized spacial score (nSPS) is 18.5. The Labute approximate surface area is 167 Å². The number of nitro groups is 1. The predicted octanol–water partition coefficient (Wildman–Crippen LogP) is 3.91. The van der Waals surface area contributed by atoms with E-state index in [4.69, 9.17) is 4.74 Å². The fourth-order valence-electron chi connectivity index (χ4n) is 4.24. The van der Waals surface area contributed by atoms with Gasteiger partial charge in [-0.1, -0.05) is 19.4 Å². The lowest BCUT2D eigenvalue weighted by Gasteiger charge is -2.49. The molecule has 1 aliphatic rings. The van der Waals surface area contributed by atoms with Crippen LogP contribution in [-0.2, 0) is 4.79 Å². The highest BCUT2D eigenvalue weighted by Crippen LogP contribution is 2.32. The molecule has 2 rings (SSSR count). The van der Waals surface area contributed by atoms with Gasteiger partial charge < -0.3 is 15.0 Å². The molecule has 7 nitrogen and oxygen atoms in total. The zero-order valence-corrected chi connectivity index (χ0v) is 17.7. The summed E-state index contributed by atoms with van der Waals surface area (Å²) in [7, 11) is 0. The van der Waals surface area contributed by atoms with Gasteiger partial charge in [0.25, 0.3) is 11.6 Å². The Morgan fingerprint density at radius 1 is 1.29 bits per heavy atom. The zero-order chi connectivity index (χ0) is 20.9. The maximum absolute atomic E-state index is 13.0. The summed E-state index contributed by atoms with van der Waals surface area (Å²) in [6.45, 7) is 11.4. The van der Waals surface area contributed by atoms with Crippen LogP contribution in [-0.4, -0.2) is 46.0 Å². The van der Waals surface area contributed by atoms with E-state index in [1.165, 1.54) is 12.1 Å². The number of carbonyl (C=O) groups is 1. The van der Waals surface area contributed by atoms with Gasteiger partial charge in [0.05, 0.1) is 11.0 Å². The first-order valence-corrected chi connectivity index (χ1v) is 9.99. The Morgan fingerprint density at radius 3 is 2.50 bits per heavy atom. The second-order valence-electron chi connectivity index (χ2n) is 8.94. The molecule has 0 atom stereocenters. The standard InChI is InChI=1S/C21H33N3O4/c1-6-7-11-23(17-13-20(2,3)22-21(4,5)14-17)19(25)15-28-18-10-8-9-16(12-18)24(26)27/h8-10,12,17,22H,6-7,11,13-15H2,1-5H3. The first-order chi connectivity index (χ1) is 13.0. The molecule has 1 amide bonds. The molecular weight excluding hydrogens is 358 g/mol. The lowest BCUT2D eigenvalue weighted by Crippen LogP contribution is -2.63. The summed E-state index contributed by atoms with van der Waals surface area (Å²) in [5.41, 5.74) is -0.162. The minimum absolute atomic E-state index is 0.0466. The number of nitrogens with one attached hydrogen (secondary N) is 1. The summed E-state index contributed by atoms with van der Waals surface area (Å²) < 4.78 is 5.60. The average molecular weight is 392 g/mol. The monoisotopic (exact) mass is 391 g/mol. The lowest BCUT2D eigenvalue weighted by molar-refractivity contribution is -0.384. The number of ether oxygens (including phenoxy) is 1. The molecule has 0 bridgehead atoms. The second-order valence-corrected chi connectivity index (χ2v) is 8.94. The van der Waals surface area contributed by atoms with Crippen LogP contribution >= 0.6 is 0 Å². The van der Waals surface area contributed by atoms with Gasteiger partial charge in [0, 0.05) is 29.7 Å². The summed E-state index contributed by atoms with van der Waals surface area (Å²) in [4.78, 5) is 25.4. The highest BCUT2D eigenvalue weighted by Gasteiger charge is 2.41. The van der Waals surface area contributed by atoms with E-state index < -0.39 is 4.92 Å². The fraction of sp³-hybridized carbons (Fsp3) is 0.667. The average Bonchev–Trinajstić information content (AvgIpc) is 2.58. The van der Waals surface area contributed by atoms with E-state index in [1.807, 2.05) is 4.90 Å². The molecule has 1 saturated heterocycles. The van der Waals surface area contributed by atoms with E-state index >= 15 is 0 Å². The van der Waals surface area contributed by atoms with Crippen molar-refractivity contribution in [3.05, 3.63) is 34.4 Å². The molecule has 1 N–H and O–H groups in total. The number of piperidine rings is 1. The van der Waals surface area contributed by atoms with Crippen LogP contribution in [0.4, 0.5) is 5.69 Å². The van der Waals surface area contributed by atoms with Crippen molar-refractivity contribution >= 4 is 11.6 Å². The molecule has 1 fully saturated rings. The van der Waals surface area contributed by atoms with E-state index in [9.17, 15) is 14.9 Å². The van der Waals surface area contributed by atoms with Crippen LogP contribution in [0.1, 0.15) is 60.3 Å². The molecule has 0 radical (unpaired) electrons. The Morgan fingerprint density at radius 2 is 1.93 bits per heavy atom. The Balaban J connectivity index is 2.10. The molecule has 0 saturated carbocycles. The van der Waals surface area contributed by atoms with Crippen LogP contribution in [0, 0.1) is 10.1 Å². The number of non-ortho nitro benzene ring substituents is 1. The molecule has 1 aromatic carbocycles. The highest BCUT2D eigenvalue weighted by atomic mass is 16.6. The van der Waals surface area contributed by atoms with Crippen LogP contribution in [0.5, 0.6) is 5.75 Å². The first-order valence-electron chi connectivity index (χ1n) is 9.99. The molecule has 7 heteroatoms. The van der Waals surface area contributed by atoms with Gasteiger partial charge in [-0.15, -0.1) is 0 Å². The third-order valence-corrected chi connectivity index (χ3v) is 5.07. The summed E-state index contributed by atoms with van der Waals surface area (Å²) in [5, 5.41) is 14.6. The smallest absolute Gasteiger partial charge is 0.273 e. The molecule has 1 aromatic rings. The predicted molar refractivity (Wildman–Crippen MR) is 110 cm³/mol. The van der Waals surface area contributed by atoms with Crippen LogP contribution in [0.25, 0.3) is 0 Å². The van der Waals surface area contributed by atoms with Crippen molar-refractivity contribution in [2.45, 2.75) is 77.4 Å². The van der Waals surface area contributed by atoms with E-state index in [1.54, 1.807) is 12.1 Å². The van der Waals surface area contributed by atoms with Crippen LogP contribution in [0.15, 0.2) is 24.3 Å². The van der Waals surface area contributed by atoms with Crippen molar-refractivity contribution in [1.29, 1.82) is 0 Å². The molecule has 0 unspecified atom stereocenters. The minimum atomic E-state index is -0.471. The van der Waals surface area contributed by atoms with Crippen molar-refractivity contribution in [2.24, 2.45) is 0 Å². The summed E-state index contributed by atoms with van der Waals surface area (Å²) in [6, 6.07) is 6.08. The topological polar surface area (TPSA) is 84.7 Å². The first kappa shape index (κ1) is 22.1. The minimum Gasteiger partial charge on any atom is -0.484 e. The van der Waals surface area contributed by atoms with Gasteiger partial charge >= 0.3 is 0 Å². The Bertz CT molecular complexity index is 687. The number of carbonyl (C=O) groups excluding carboxylic acids is 1. The van der Waals surface area contributed by atoms with Crippen molar-refractivity contribution in [3.8, 4) is 5.75 Å². The van der Waals surface area contributed by atoms with Crippen molar-refractivity contribution < 1.29 is 14.5 Å². The third kappa shape index (κ3) is 6.19. The summed E-state index contributed by atoms with van der Waals surface area (Å²) >= 11 is 0. The Hall–Kier alpha value is -2.15. The van der Waals surface area contributed by atoms with E-state index in [-0.39, 0.29) is 35.3 Å². The largest absolute Gasteiger partial charge is 0.484 e. The number of hydrogen-bond acceptors (Lipinski definition) is 5. The number of nitrogens with zero attached hydrogens (tertiary/aromatic N) is 2. The maximum atomic E-state index is 13.0. The third-order valence-electron chi connectivity index (χ3n) is 5.07. The van der Waals surface area contributed by atoms with E-state index in [0.717, 1.165) is 25.7 Å². The van der Waals surface area contributed by atoms with Crippen LogP contribution < -0.4 is 10.1 Å². The summed E-state index contributed by atoms with van der Waals surface area (Å²) in [5.74, 6) is 0.266. The van der Waals surface area contributed by atoms with Crippen molar-refractivity contribution in [2.75, 3.05) is 13.2 Å². The maximum Gasteiger partial charge on any atom is 0.273 e. The van der Waals surface area contributed by atoms with Crippen molar-refractivity contribution in [3.63, 3.8) is 0 Å². The Kier molecular flexibility index (Phi) is 7.04. The van der Waals surface area contributed by atoms with Gasteiger partial charge in [0.15, 0.2) is 6.61 Å². The van der Waals surface area contributed by atoms with Crippen LogP contribution in [0.3, 0.4) is 0 Å². The van der Waals surface area contributed by atoms with E-state index in [2.05, 4.69) is 39.9 Å². The number of hydrogen-bond donors (Lipinski definition) is 1. The van der Waals surface area contributed by atoms with Gasteiger partial charge in [-0.05, 0) is 53.0 Å². The zero-order valence-electron chi connectivity index (χ0n) is 17.7. The number of amides is 1. The van der Waals surface area contributed by atoms with E-state index in [0.29, 0.717) is 12.3 Å². The fourth-order valence-corrected chi connectivity index (χ4v) is 4.24. The molecule has 156 valence electrons. The molecule has 0 spiro atoms. The molecular formula is C21H33N3O4. The number of unbranched alkanes of at least 4 members (excludes halogenated alkanes) is 1. The van der Waals surface area contributed by atoms with Crippen LogP contribution in [0.2, 0.25) is 0 Å². The number of nitro benzene ring substituents is 1. The van der Waals surface area contributed by atoms with Gasteiger partial charge in [-0.25, -0.2) is 0 Å². The quantitative estimate of drug-likeness (QED) is 0.536. The second kappa shape index (κ2) is 8.90. The molecule has 0 aromatic heterocycles. The molecule has 0 aliphatic carbocycles. The highest BCUT2D eigenvalue weighted by molar-refractivity contribution is 5.78. The lowest BCUT2D eigenvalue weighted by atomic mass is 9.79. The molecule has 1 aliphatic heterocycles. The van der Waals surface area contributed by atoms with Gasteiger partial charge in [-0.2, -0.15) is 0 Å². The molecule has 28 heavy (non-hydrogen) atoms. The van der Waals surface area contributed by atoms with Crippen molar-refractivity contribution in [1.82, 2.24) is 10.2 Å². The SMILES string of the molecule is CCCCN(C(=O)COc1cccc([N+](=O)[O-])c1)C1CC(C)(C)NC(C)(C)C1.